The molecule has 2 aliphatic rings. The highest BCUT2D eigenvalue weighted by Gasteiger charge is 2.33. The van der Waals surface area contributed by atoms with E-state index in [2.05, 4.69) is 16.4 Å². The summed E-state index contributed by atoms with van der Waals surface area (Å²) < 4.78 is 46.9. The molecule has 0 saturated carbocycles. The van der Waals surface area contributed by atoms with Crippen LogP contribution in [0.3, 0.4) is 0 Å². The third kappa shape index (κ3) is 5.75. The number of halogens is 3. The van der Waals surface area contributed by atoms with Crippen LogP contribution < -0.4 is 5.32 Å². The number of hydrogen-bond donors (Lipinski definition) is 1. The fraction of sp³-hybridized carbons (Fsp3) is 0.542. The van der Waals surface area contributed by atoms with Gasteiger partial charge in [0, 0.05) is 5.56 Å². The lowest BCUT2D eigenvalue weighted by atomic mass is 9.92. The van der Waals surface area contributed by atoms with Crippen LogP contribution in [0.5, 0.6) is 0 Å². The molecular formula is C24H31F3N2O. The van der Waals surface area contributed by atoms with Crippen molar-refractivity contribution in [2.24, 2.45) is 4.99 Å². The molecule has 30 heavy (non-hydrogen) atoms. The molecule has 1 heterocycles. The number of methoxy groups -OCH3 is 1. The average Bonchev–Trinajstić information content (AvgIpc) is 3.28. The van der Waals surface area contributed by atoms with Crippen LogP contribution in [0.1, 0.15) is 68.6 Å². The molecule has 1 aromatic carbocycles. The van der Waals surface area contributed by atoms with Crippen molar-refractivity contribution < 1.29 is 17.9 Å². The van der Waals surface area contributed by atoms with Gasteiger partial charge in [0.1, 0.15) is 0 Å². The van der Waals surface area contributed by atoms with E-state index in [-0.39, 0.29) is 6.04 Å². The smallest absolute Gasteiger partial charge is 0.416 e. The van der Waals surface area contributed by atoms with Gasteiger partial charge in [-0.25, -0.2) is 4.99 Å². The summed E-state index contributed by atoms with van der Waals surface area (Å²) in [5, 5.41) is 3.31. The summed E-state index contributed by atoms with van der Waals surface area (Å²) in [6.07, 6.45) is 6.93. The summed E-state index contributed by atoms with van der Waals surface area (Å²) >= 11 is 0. The van der Waals surface area contributed by atoms with Gasteiger partial charge in [-0.05, 0) is 76.5 Å². The van der Waals surface area contributed by atoms with E-state index in [0.717, 1.165) is 38.6 Å². The molecule has 0 spiro atoms. The Bertz CT molecular complexity index is 818. The second-order valence-electron chi connectivity index (χ2n) is 7.95. The number of allylic oxidation sites excluding steroid dienone is 3. The van der Waals surface area contributed by atoms with Crippen LogP contribution in [-0.2, 0) is 17.3 Å². The minimum atomic E-state index is -4.40. The first-order chi connectivity index (χ1) is 14.4. The lowest BCUT2D eigenvalue weighted by molar-refractivity contribution is -0.138. The topological polar surface area (TPSA) is 33.6 Å². The maximum atomic E-state index is 13.8. The van der Waals surface area contributed by atoms with E-state index in [0.29, 0.717) is 35.6 Å². The molecule has 164 valence electrons. The molecule has 1 aromatic rings. The van der Waals surface area contributed by atoms with Gasteiger partial charge in [0.2, 0.25) is 5.90 Å². The van der Waals surface area contributed by atoms with Crippen molar-refractivity contribution >= 4 is 11.6 Å². The van der Waals surface area contributed by atoms with Gasteiger partial charge < -0.3 is 10.1 Å². The van der Waals surface area contributed by atoms with Crippen LogP contribution in [0.15, 0.2) is 40.9 Å². The first-order valence-corrected chi connectivity index (χ1v) is 10.8. The van der Waals surface area contributed by atoms with Crippen molar-refractivity contribution in [3.8, 4) is 0 Å². The summed E-state index contributed by atoms with van der Waals surface area (Å²) in [5.41, 5.74) is 2.02. The Balaban J connectivity index is 1.86. The summed E-state index contributed by atoms with van der Waals surface area (Å²) in [6, 6.07) is 4.60. The van der Waals surface area contributed by atoms with Gasteiger partial charge in [-0.3, -0.25) is 0 Å². The number of ether oxygens (including phenoxy) is 1. The van der Waals surface area contributed by atoms with E-state index < -0.39 is 11.7 Å². The van der Waals surface area contributed by atoms with E-state index in [1.165, 1.54) is 18.1 Å². The minimum Gasteiger partial charge on any atom is -0.483 e. The minimum absolute atomic E-state index is 0.00933. The van der Waals surface area contributed by atoms with E-state index in [9.17, 15) is 13.2 Å². The predicted molar refractivity (Wildman–Crippen MR) is 115 cm³/mol. The van der Waals surface area contributed by atoms with Crippen LogP contribution in [0, 0.1) is 0 Å². The molecule has 1 aliphatic heterocycles. The van der Waals surface area contributed by atoms with Gasteiger partial charge in [-0.15, -0.1) is 0 Å². The number of aliphatic imine (C=N–C) groups is 1. The molecular weight excluding hydrogens is 389 g/mol. The lowest BCUT2D eigenvalue weighted by Crippen LogP contribution is -2.32. The molecule has 3 nitrogen and oxygen atoms in total. The molecule has 3 rings (SSSR count). The zero-order valence-electron chi connectivity index (χ0n) is 17.8. The van der Waals surface area contributed by atoms with Crippen LogP contribution in [0.4, 0.5) is 13.2 Å². The van der Waals surface area contributed by atoms with Crippen molar-refractivity contribution in [2.75, 3.05) is 13.7 Å². The monoisotopic (exact) mass is 420 g/mol. The molecule has 0 amide bonds. The maximum Gasteiger partial charge on any atom is 0.416 e. The Hall–Kier alpha value is -2.08. The standard InChI is InChI=1S/C24H31F3N2O/c1-3-21(29-23(30-2)22-10-7-15-28-22)19-14-13-18(20(16-19)24(25,26)27)12-11-17-8-5-4-6-9-17/h3,8,13-14,16,22,28H,4-7,9-12,15H2,1-2H3/b21-3-,29-23?. The van der Waals surface area contributed by atoms with Gasteiger partial charge in [0.25, 0.3) is 0 Å². The van der Waals surface area contributed by atoms with Crippen molar-refractivity contribution in [3.63, 3.8) is 0 Å². The van der Waals surface area contributed by atoms with Crippen molar-refractivity contribution in [2.45, 2.75) is 70.5 Å². The number of rotatable bonds is 6. The van der Waals surface area contributed by atoms with Gasteiger partial charge >= 0.3 is 6.18 Å². The quantitative estimate of drug-likeness (QED) is 0.333. The molecule has 1 unspecified atom stereocenters. The zero-order valence-corrected chi connectivity index (χ0v) is 17.8. The third-order valence-electron chi connectivity index (χ3n) is 5.88. The first-order valence-electron chi connectivity index (χ1n) is 10.8. The highest BCUT2D eigenvalue weighted by atomic mass is 19.4. The summed E-state index contributed by atoms with van der Waals surface area (Å²) in [7, 11) is 1.55. The number of benzene rings is 1. The fourth-order valence-electron chi connectivity index (χ4n) is 4.22. The SMILES string of the molecule is C/C=C(\N=C(OC)C1CCCN1)c1ccc(CCC2=CCCCC2)c(C(F)(F)F)c1. The van der Waals surface area contributed by atoms with Gasteiger partial charge in [-0.1, -0.05) is 29.9 Å². The highest BCUT2D eigenvalue weighted by Crippen LogP contribution is 2.35. The molecule has 1 N–H and O–H groups in total. The van der Waals surface area contributed by atoms with E-state index >= 15 is 0 Å². The third-order valence-corrected chi connectivity index (χ3v) is 5.88. The number of aryl methyl sites for hydroxylation is 1. The number of nitrogens with one attached hydrogen (secondary N) is 1. The Kier molecular flexibility index (Phi) is 7.75. The average molecular weight is 421 g/mol. The Morgan fingerprint density at radius 2 is 2.07 bits per heavy atom. The molecule has 1 saturated heterocycles. The van der Waals surface area contributed by atoms with Crippen LogP contribution in [0.25, 0.3) is 5.70 Å². The molecule has 0 radical (unpaired) electrons. The summed E-state index contributed by atoms with van der Waals surface area (Å²) in [6.45, 7) is 2.67. The van der Waals surface area contributed by atoms with Gasteiger partial charge in [0.15, 0.2) is 0 Å². The highest BCUT2D eigenvalue weighted by molar-refractivity contribution is 5.88. The van der Waals surface area contributed by atoms with Crippen molar-refractivity contribution in [1.82, 2.24) is 5.32 Å². The predicted octanol–water partition coefficient (Wildman–Crippen LogP) is 6.30. The molecule has 1 fully saturated rings. The van der Waals surface area contributed by atoms with E-state index in [1.54, 1.807) is 32.2 Å². The first kappa shape index (κ1) is 22.6. The lowest BCUT2D eigenvalue weighted by Gasteiger charge is -2.18. The molecule has 0 bridgehead atoms. The van der Waals surface area contributed by atoms with Crippen LogP contribution >= 0.6 is 0 Å². The fourth-order valence-corrected chi connectivity index (χ4v) is 4.22. The van der Waals surface area contributed by atoms with Gasteiger partial charge in [-0.2, -0.15) is 13.2 Å². The largest absolute Gasteiger partial charge is 0.483 e. The number of nitrogens with zero attached hydrogens (tertiary/aromatic N) is 1. The molecule has 0 aromatic heterocycles. The Morgan fingerprint density at radius 1 is 1.23 bits per heavy atom. The van der Waals surface area contributed by atoms with E-state index in [4.69, 9.17) is 4.74 Å². The summed E-state index contributed by atoms with van der Waals surface area (Å²) in [4.78, 5) is 4.55. The normalized spacial score (nSPS) is 21.0. The van der Waals surface area contributed by atoms with Crippen molar-refractivity contribution in [3.05, 3.63) is 52.6 Å². The number of hydrogen-bond acceptors (Lipinski definition) is 3. The molecule has 6 heteroatoms. The number of alkyl halides is 3. The van der Waals surface area contributed by atoms with Crippen LogP contribution in [-0.4, -0.2) is 25.6 Å². The molecule has 1 atom stereocenters. The van der Waals surface area contributed by atoms with Crippen LogP contribution in [0.2, 0.25) is 0 Å². The Morgan fingerprint density at radius 3 is 2.67 bits per heavy atom. The zero-order chi connectivity index (χ0) is 21.6. The maximum absolute atomic E-state index is 13.8. The molecule has 1 aliphatic carbocycles. The second kappa shape index (κ2) is 10.3. The van der Waals surface area contributed by atoms with Crippen molar-refractivity contribution in [1.29, 1.82) is 0 Å². The van der Waals surface area contributed by atoms with E-state index in [1.807, 2.05) is 0 Å². The Labute approximate surface area is 177 Å². The summed E-state index contributed by atoms with van der Waals surface area (Å²) in [5.74, 6) is 0.516. The second-order valence-corrected chi connectivity index (χ2v) is 7.95. The van der Waals surface area contributed by atoms with Gasteiger partial charge in [0.05, 0.1) is 24.4 Å².